The molecular weight excluding hydrogens is 552 g/mol. The first-order chi connectivity index (χ1) is 18.5. The van der Waals surface area contributed by atoms with Gasteiger partial charge in [-0.25, -0.2) is 9.50 Å². The number of hydrogen-bond acceptors (Lipinski definition) is 4. The van der Waals surface area contributed by atoms with Gasteiger partial charge in [0.05, 0.1) is 22.3 Å². The summed E-state index contributed by atoms with van der Waals surface area (Å²) in [5.41, 5.74) is 1.15. The Morgan fingerprint density at radius 2 is 1.72 bits per heavy atom. The summed E-state index contributed by atoms with van der Waals surface area (Å²) in [6.45, 7) is 4.42. The third-order valence-electron chi connectivity index (χ3n) is 6.03. The Balaban J connectivity index is 1.41. The van der Waals surface area contributed by atoms with Crippen molar-refractivity contribution in [2.45, 2.75) is 32.5 Å². The molecule has 3 aromatic heterocycles. The molecule has 39 heavy (non-hydrogen) atoms. The average Bonchev–Trinajstić information content (AvgIpc) is 3.51. The Morgan fingerprint density at radius 1 is 0.974 bits per heavy atom. The lowest BCUT2D eigenvalue weighted by Crippen LogP contribution is -2.16. The Kier molecular flexibility index (Phi) is 7.09. The minimum Gasteiger partial charge on any atom is -0.304 e. The molecule has 0 atom stereocenters. The van der Waals surface area contributed by atoms with Crippen molar-refractivity contribution < 1.29 is 18.0 Å². The maximum absolute atomic E-state index is 14.0. The van der Waals surface area contributed by atoms with Crippen LogP contribution < -0.4 is 5.32 Å². The Morgan fingerprint density at radius 3 is 2.38 bits per heavy atom. The van der Waals surface area contributed by atoms with Crippen molar-refractivity contribution in [3.63, 3.8) is 0 Å². The zero-order valence-corrected chi connectivity index (χ0v) is 22.2. The van der Waals surface area contributed by atoms with Crippen LogP contribution in [0.15, 0.2) is 66.9 Å². The molecule has 200 valence electrons. The van der Waals surface area contributed by atoms with E-state index in [1.165, 1.54) is 6.07 Å². The molecule has 0 fully saturated rings. The highest BCUT2D eigenvalue weighted by molar-refractivity contribution is 6.42. The lowest BCUT2D eigenvalue weighted by Gasteiger charge is -2.11. The second-order valence-corrected chi connectivity index (χ2v) is 10.0. The van der Waals surface area contributed by atoms with Gasteiger partial charge in [0.15, 0.2) is 22.9 Å². The quantitative estimate of drug-likeness (QED) is 0.231. The SMILES string of the molecule is CC(C)c1ccc(-c2cc(C(F)(F)F)n3nc(C(=O)Nc4ccn(Cc5ccc(Cl)c(Cl)c5)n4)cc3n2)cc1. The number of fused-ring (bicyclic) bond motifs is 1. The maximum atomic E-state index is 14.0. The summed E-state index contributed by atoms with van der Waals surface area (Å²) in [6.07, 6.45) is -3.08. The van der Waals surface area contributed by atoms with Gasteiger partial charge in [0.2, 0.25) is 0 Å². The van der Waals surface area contributed by atoms with Crippen LogP contribution in [0.5, 0.6) is 0 Å². The van der Waals surface area contributed by atoms with Gasteiger partial charge in [-0.3, -0.25) is 9.48 Å². The van der Waals surface area contributed by atoms with Crippen LogP contribution in [-0.2, 0) is 12.7 Å². The Labute approximate surface area is 231 Å². The van der Waals surface area contributed by atoms with Gasteiger partial charge in [-0.2, -0.15) is 23.4 Å². The molecule has 1 N–H and O–H groups in total. The number of amides is 1. The van der Waals surface area contributed by atoms with E-state index < -0.39 is 17.8 Å². The number of rotatable bonds is 6. The zero-order chi connectivity index (χ0) is 27.9. The summed E-state index contributed by atoms with van der Waals surface area (Å²) in [6, 6.07) is 16.0. The first-order valence-corrected chi connectivity index (χ1v) is 12.6. The summed E-state index contributed by atoms with van der Waals surface area (Å²) in [4.78, 5) is 17.2. The number of benzene rings is 2. The smallest absolute Gasteiger partial charge is 0.304 e. The van der Waals surface area contributed by atoms with E-state index in [1.54, 1.807) is 47.3 Å². The molecular formula is C27H21Cl2F3N6O. The minimum atomic E-state index is -4.73. The van der Waals surface area contributed by atoms with E-state index in [9.17, 15) is 18.0 Å². The first kappa shape index (κ1) is 26.7. The van der Waals surface area contributed by atoms with Gasteiger partial charge < -0.3 is 5.32 Å². The van der Waals surface area contributed by atoms with Crippen molar-refractivity contribution in [3.8, 4) is 11.3 Å². The molecule has 0 aliphatic rings. The molecule has 3 heterocycles. The highest BCUT2D eigenvalue weighted by Gasteiger charge is 2.35. The minimum absolute atomic E-state index is 0.108. The van der Waals surface area contributed by atoms with E-state index in [2.05, 4.69) is 20.5 Å². The fourth-order valence-electron chi connectivity index (χ4n) is 4.00. The summed E-state index contributed by atoms with van der Waals surface area (Å²) in [5, 5.41) is 11.6. The summed E-state index contributed by atoms with van der Waals surface area (Å²) >= 11 is 12.0. The predicted molar refractivity (Wildman–Crippen MR) is 143 cm³/mol. The van der Waals surface area contributed by atoms with Gasteiger partial charge in [0, 0.05) is 23.9 Å². The molecule has 0 bridgehead atoms. The number of alkyl halides is 3. The van der Waals surface area contributed by atoms with Crippen molar-refractivity contribution in [1.82, 2.24) is 24.4 Å². The van der Waals surface area contributed by atoms with Gasteiger partial charge in [0.25, 0.3) is 5.91 Å². The molecule has 0 saturated carbocycles. The normalized spacial score (nSPS) is 11.9. The van der Waals surface area contributed by atoms with Crippen molar-refractivity contribution in [2.24, 2.45) is 0 Å². The predicted octanol–water partition coefficient (Wildman–Crippen LogP) is 7.34. The van der Waals surface area contributed by atoms with Crippen LogP contribution in [0.2, 0.25) is 10.0 Å². The van der Waals surface area contributed by atoms with Crippen LogP contribution in [0.1, 0.15) is 47.1 Å². The topological polar surface area (TPSA) is 77.1 Å². The molecule has 0 radical (unpaired) electrons. The fraction of sp³-hybridized carbons (Fsp3) is 0.185. The molecule has 7 nitrogen and oxygen atoms in total. The summed E-state index contributed by atoms with van der Waals surface area (Å²) in [7, 11) is 0. The van der Waals surface area contributed by atoms with Gasteiger partial charge in [-0.1, -0.05) is 67.4 Å². The maximum Gasteiger partial charge on any atom is 0.433 e. The van der Waals surface area contributed by atoms with Gasteiger partial charge in [-0.05, 0) is 35.2 Å². The largest absolute Gasteiger partial charge is 0.433 e. The number of anilines is 1. The number of hydrogen-bond donors (Lipinski definition) is 1. The standard InChI is InChI=1S/C27H21Cl2F3N6O/c1-15(2)17-4-6-18(7-5-17)21-12-23(27(30,31)32)38-25(33-21)13-22(35-38)26(39)34-24-9-10-37(36-24)14-16-3-8-19(28)20(29)11-16/h3-13,15H,14H2,1-2H3,(H,34,36,39). The number of carbonyl (C=O) groups is 1. The van der Waals surface area contributed by atoms with Crippen LogP contribution in [0.3, 0.4) is 0 Å². The monoisotopic (exact) mass is 572 g/mol. The number of aromatic nitrogens is 5. The van der Waals surface area contributed by atoms with E-state index in [0.717, 1.165) is 17.2 Å². The molecule has 5 aromatic rings. The van der Waals surface area contributed by atoms with Crippen LogP contribution >= 0.6 is 23.2 Å². The molecule has 2 aromatic carbocycles. The van der Waals surface area contributed by atoms with Crippen molar-refractivity contribution in [1.29, 1.82) is 0 Å². The zero-order valence-electron chi connectivity index (χ0n) is 20.7. The fourth-order valence-corrected chi connectivity index (χ4v) is 4.32. The molecule has 0 spiro atoms. The third-order valence-corrected chi connectivity index (χ3v) is 6.77. The van der Waals surface area contributed by atoms with Gasteiger partial charge in [-0.15, -0.1) is 0 Å². The second kappa shape index (κ2) is 10.3. The Bertz CT molecular complexity index is 1680. The molecule has 0 saturated heterocycles. The molecule has 0 aliphatic carbocycles. The number of carbonyl (C=O) groups excluding carboxylic acids is 1. The van der Waals surface area contributed by atoms with E-state index in [4.69, 9.17) is 23.2 Å². The van der Waals surface area contributed by atoms with E-state index in [1.807, 2.05) is 26.0 Å². The van der Waals surface area contributed by atoms with E-state index >= 15 is 0 Å². The molecule has 12 heteroatoms. The van der Waals surface area contributed by atoms with Crippen molar-refractivity contribution in [2.75, 3.05) is 5.32 Å². The summed E-state index contributed by atoms with van der Waals surface area (Å²) < 4.78 is 44.1. The van der Waals surface area contributed by atoms with Crippen LogP contribution in [-0.4, -0.2) is 30.3 Å². The Hall–Kier alpha value is -3.89. The second-order valence-electron chi connectivity index (χ2n) is 9.20. The summed E-state index contributed by atoms with van der Waals surface area (Å²) in [5.74, 6) is -0.248. The number of nitrogens with one attached hydrogen (secondary N) is 1. The average molecular weight is 573 g/mol. The van der Waals surface area contributed by atoms with Crippen LogP contribution in [0.25, 0.3) is 16.9 Å². The van der Waals surface area contributed by atoms with Crippen LogP contribution in [0.4, 0.5) is 19.0 Å². The molecule has 5 rings (SSSR count). The van der Waals surface area contributed by atoms with E-state index in [0.29, 0.717) is 26.7 Å². The van der Waals surface area contributed by atoms with Crippen molar-refractivity contribution in [3.05, 3.63) is 99.4 Å². The molecule has 0 unspecified atom stereocenters. The van der Waals surface area contributed by atoms with E-state index in [-0.39, 0.29) is 28.8 Å². The number of nitrogens with zero attached hydrogens (tertiary/aromatic N) is 5. The first-order valence-electron chi connectivity index (χ1n) is 11.8. The van der Waals surface area contributed by atoms with Crippen LogP contribution in [0, 0.1) is 0 Å². The van der Waals surface area contributed by atoms with Gasteiger partial charge >= 0.3 is 6.18 Å². The lowest BCUT2D eigenvalue weighted by molar-refractivity contribution is -0.142. The highest BCUT2D eigenvalue weighted by Crippen LogP contribution is 2.33. The van der Waals surface area contributed by atoms with Crippen molar-refractivity contribution >= 4 is 40.6 Å². The number of halogens is 5. The molecule has 0 aliphatic heterocycles. The lowest BCUT2D eigenvalue weighted by atomic mass is 10.0. The molecule has 1 amide bonds. The highest BCUT2D eigenvalue weighted by atomic mass is 35.5. The van der Waals surface area contributed by atoms with Gasteiger partial charge in [0.1, 0.15) is 0 Å². The third kappa shape index (κ3) is 5.76.